The molecule has 0 saturated heterocycles. The molecule has 88 valence electrons. The molecule has 0 amide bonds. The van der Waals surface area contributed by atoms with Crippen LogP contribution >= 0.6 is 0 Å². The van der Waals surface area contributed by atoms with Crippen LogP contribution in [0.4, 0.5) is 0 Å². The van der Waals surface area contributed by atoms with E-state index >= 15 is 0 Å². The normalized spacial score (nSPS) is 8.80. The van der Waals surface area contributed by atoms with Crippen LogP contribution in [0.5, 0.6) is 0 Å². The monoisotopic (exact) mass is 320 g/mol. The number of Topliss-reactive ketones (excluding diaryl/α,β-unsaturated/α-hetero) is 2. The van der Waals surface area contributed by atoms with E-state index in [1.54, 1.807) is 6.92 Å². The van der Waals surface area contributed by atoms with Crippen LogP contribution in [0.1, 0.15) is 40.5 Å². The minimum absolute atomic E-state index is 0.0255. The number of hydrogen-bond acceptors (Lipinski definition) is 4. The number of ketones is 2. The van der Waals surface area contributed by atoms with Crippen LogP contribution in [-0.2, 0) is 15.3 Å². The summed E-state index contributed by atoms with van der Waals surface area (Å²) in [6.45, 7) is 8.83. The Kier molecular flexibility index (Phi) is 16.5. The summed E-state index contributed by atoms with van der Waals surface area (Å²) >= 11 is -1.11. The van der Waals surface area contributed by atoms with Gasteiger partial charge >= 0.3 is 56.5 Å². The average Bonchev–Trinajstić information content (AvgIpc) is 2.18. The fraction of sp³-hybridized carbons (Fsp3) is 0.800. The van der Waals surface area contributed by atoms with Crippen molar-refractivity contribution in [2.75, 3.05) is 13.2 Å². The first-order chi connectivity index (χ1) is 7.08. The molecule has 0 aromatic heterocycles. The maximum atomic E-state index is 10.4. The van der Waals surface area contributed by atoms with Crippen LogP contribution in [0.15, 0.2) is 0 Å². The molecule has 15 heavy (non-hydrogen) atoms. The first kappa shape index (κ1) is 17.5. The summed E-state index contributed by atoms with van der Waals surface area (Å²) in [6, 6.07) is 0. The molecule has 5 heteroatoms. The van der Waals surface area contributed by atoms with Crippen LogP contribution in [0, 0.1) is 0 Å². The Hall–Kier alpha value is 0.130. The zero-order valence-electron chi connectivity index (χ0n) is 10.2. The topological polar surface area (TPSA) is 52.6 Å². The summed E-state index contributed by atoms with van der Waals surface area (Å²) in [6.07, 6.45) is 0.579. The van der Waals surface area contributed by atoms with E-state index in [1.165, 1.54) is 6.92 Å². The SMILES string of the molecule is CCC(=O)CC(C)=O.CC[O][InH][O]CC. The Bertz CT molecular complexity index is 167. The minimum atomic E-state index is -1.11. The van der Waals surface area contributed by atoms with Gasteiger partial charge in [-0.3, -0.25) is 9.59 Å². The summed E-state index contributed by atoms with van der Waals surface area (Å²) in [4.78, 5) is 20.6. The fourth-order valence-electron chi connectivity index (χ4n) is 0.628. The molecular formula is C10H21InO4. The van der Waals surface area contributed by atoms with Gasteiger partial charge in [-0.15, -0.1) is 0 Å². The molecule has 0 saturated carbocycles. The molecule has 0 unspecified atom stereocenters. The number of rotatable bonds is 7. The fourth-order valence-corrected chi connectivity index (χ4v) is 1.92. The number of hydrogen-bond donors (Lipinski definition) is 0. The molecular weight excluding hydrogens is 299 g/mol. The third-order valence-electron chi connectivity index (χ3n) is 1.42. The second-order valence-electron chi connectivity index (χ2n) is 2.87. The molecule has 0 aliphatic carbocycles. The predicted molar refractivity (Wildman–Crippen MR) is 61.0 cm³/mol. The Morgan fingerprint density at radius 3 is 1.73 bits per heavy atom. The Morgan fingerprint density at radius 2 is 1.53 bits per heavy atom. The van der Waals surface area contributed by atoms with Crippen molar-refractivity contribution in [2.24, 2.45) is 0 Å². The van der Waals surface area contributed by atoms with Crippen molar-refractivity contribution in [1.82, 2.24) is 0 Å². The molecule has 0 radical (unpaired) electrons. The molecule has 0 rings (SSSR count). The van der Waals surface area contributed by atoms with E-state index in [2.05, 4.69) is 0 Å². The molecule has 0 bridgehead atoms. The van der Waals surface area contributed by atoms with Gasteiger partial charge in [-0.1, -0.05) is 6.92 Å². The quantitative estimate of drug-likeness (QED) is 0.524. The van der Waals surface area contributed by atoms with Gasteiger partial charge in [-0.2, -0.15) is 0 Å². The van der Waals surface area contributed by atoms with Crippen LogP contribution in [-0.4, -0.2) is 48.6 Å². The Balaban J connectivity index is 0. The van der Waals surface area contributed by atoms with E-state index in [0.717, 1.165) is 13.2 Å². The summed E-state index contributed by atoms with van der Waals surface area (Å²) in [5, 5.41) is 0. The molecule has 0 heterocycles. The van der Waals surface area contributed by atoms with Gasteiger partial charge in [0.2, 0.25) is 0 Å². The summed E-state index contributed by atoms with van der Waals surface area (Å²) in [7, 11) is 0. The van der Waals surface area contributed by atoms with Crippen LogP contribution < -0.4 is 0 Å². The second kappa shape index (κ2) is 14.1. The van der Waals surface area contributed by atoms with E-state index in [9.17, 15) is 9.59 Å². The molecule has 0 N–H and O–H groups in total. The molecule has 0 spiro atoms. The second-order valence-corrected chi connectivity index (χ2v) is 5.88. The standard InChI is InChI=1S/C6H10O2.2C2H5O.In.H/c1-3-6(8)4-5(2)7;2*1-2-3;;/h3-4H2,1-2H3;2*2H2,1H3;;/q;2*-1;+2;. The molecule has 0 fully saturated rings. The van der Waals surface area contributed by atoms with E-state index in [0.29, 0.717) is 6.42 Å². The van der Waals surface area contributed by atoms with Gasteiger partial charge in [0.25, 0.3) is 0 Å². The van der Waals surface area contributed by atoms with Gasteiger partial charge in [0.05, 0.1) is 6.42 Å². The third kappa shape index (κ3) is 20.3. The van der Waals surface area contributed by atoms with E-state index in [-0.39, 0.29) is 18.0 Å². The van der Waals surface area contributed by atoms with Gasteiger partial charge in [0, 0.05) is 6.42 Å². The van der Waals surface area contributed by atoms with Crippen molar-refractivity contribution in [1.29, 1.82) is 0 Å². The zero-order valence-corrected chi connectivity index (χ0v) is 14.2. The van der Waals surface area contributed by atoms with Crippen molar-refractivity contribution in [3.05, 3.63) is 0 Å². The molecule has 0 aliphatic heterocycles. The molecule has 0 atom stereocenters. The van der Waals surface area contributed by atoms with Crippen LogP contribution in [0.3, 0.4) is 0 Å². The van der Waals surface area contributed by atoms with Gasteiger partial charge in [-0.05, 0) is 6.92 Å². The van der Waals surface area contributed by atoms with Crippen molar-refractivity contribution < 1.29 is 15.3 Å². The Morgan fingerprint density at radius 1 is 1.07 bits per heavy atom. The van der Waals surface area contributed by atoms with Crippen LogP contribution in [0.2, 0.25) is 0 Å². The van der Waals surface area contributed by atoms with Gasteiger partial charge in [-0.25, -0.2) is 0 Å². The van der Waals surface area contributed by atoms with Crippen molar-refractivity contribution in [3.63, 3.8) is 0 Å². The first-order valence-electron chi connectivity index (χ1n) is 5.24. The number of carbonyl (C=O) groups excluding carboxylic acids is 2. The molecule has 0 aromatic carbocycles. The number of carbonyl (C=O) groups is 2. The predicted octanol–water partition coefficient (Wildman–Crippen LogP) is 1.27. The third-order valence-corrected chi connectivity index (χ3v) is 4.70. The van der Waals surface area contributed by atoms with Crippen molar-refractivity contribution in [3.8, 4) is 0 Å². The van der Waals surface area contributed by atoms with Crippen molar-refractivity contribution >= 4 is 35.3 Å². The van der Waals surface area contributed by atoms with Gasteiger partial charge < -0.3 is 0 Å². The van der Waals surface area contributed by atoms with E-state index < -0.39 is 23.8 Å². The molecule has 4 nitrogen and oxygen atoms in total. The zero-order chi connectivity index (χ0) is 12.1. The van der Waals surface area contributed by atoms with E-state index in [1.807, 2.05) is 13.8 Å². The molecule has 0 aliphatic rings. The van der Waals surface area contributed by atoms with Crippen LogP contribution in [0.25, 0.3) is 0 Å². The summed E-state index contributed by atoms with van der Waals surface area (Å²) in [5.41, 5.74) is 0. The Labute approximate surface area is 104 Å². The average molecular weight is 320 g/mol. The van der Waals surface area contributed by atoms with E-state index in [4.69, 9.17) is 5.71 Å². The summed E-state index contributed by atoms with van der Waals surface area (Å²) < 4.78 is 10.1. The van der Waals surface area contributed by atoms with Gasteiger partial charge in [0.1, 0.15) is 11.6 Å². The first-order valence-corrected chi connectivity index (χ1v) is 8.54. The molecule has 0 aromatic rings. The van der Waals surface area contributed by atoms with Crippen molar-refractivity contribution in [2.45, 2.75) is 40.5 Å². The van der Waals surface area contributed by atoms with Gasteiger partial charge in [0.15, 0.2) is 0 Å². The summed E-state index contributed by atoms with van der Waals surface area (Å²) in [5.74, 6) is -0.0191. The maximum absolute atomic E-state index is 10.4.